The molecule has 4 rings (SSSR count). The van der Waals surface area contributed by atoms with E-state index in [0.717, 1.165) is 21.9 Å². The molecule has 2 N–H and O–H groups in total. The molecule has 0 radical (unpaired) electrons. The fraction of sp³-hybridized carbons (Fsp3) is 0.192. The molecule has 6 heteroatoms. The SMILES string of the molecule is CCc1ccc(C2CC=C(C(=O)O)C(c3cccc(Cl)c3)N2)cc1.Sc1ccc(Cl)cc1. The van der Waals surface area contributed by atoms with Crippen molar-refractivity contribution in [3.63, 3.8) is 0 Å². The second kappa shape index (κ2) is 11.6. The predicted octanol–water partition coefficient (Wildman–Crippen LogP) is 7.32. The van der Waals surface area contributed by atoms with Gasteiger partial charge in [0.2, 0.25) is 0 Å². The Kier molecular flexibility index (Phi) is 8.83. The van der Waals surface area contributed by atoms with Gasteiger partial charge in [0, 0.05) is 21.0 Å². The van der Waals surface area contributed by atoms with Crippen LogP contribution in [0.2, 0.25) is 10.0 Å². The summed E-state index contributed by atoms with van der Waals surface area (Å²) < 4.78 is 0. The minimum absolute atomic E-state index is 0.0861. The molecule has 166 valence electrons. The van der Waals surface area contributed by atoms with Crippen LogP contribution in [-0.2, 0) is 11.2 Å². The maximum absolute atomic E-state index is 11.6. The first kappa shape index (κ1) is 24.4. The Morgan fingerprint density at radius 3 is 2.25 bits per heavy atom. The molecule has 3 nitrogen and oxygen atoms in total. The van der Waals surface area contributed by atoms with Gasteiger partial charge in [-0.05, 0) is 65.9 Å². The van der Waals surface area contributed by atoms with Crippen LogP contribution in [0.15, 0.2) is 89.3 Å². The van der Waals surface area contributed by atoms with Gasteiger partial charge in [-0.3, -0.25) is 5.32 Å². The van der Waals surface area contributed by atoms with Gasteiger partial charge in [0.15, 0.2) is 0 Å². The Hall–Kier alpha value is -2.24. The second-order valence-corrected chi connectivity index (χ2v) is 8.87. The summed E-state index contributed by atoms with van der Waals surface area (Å²) in [4.78, 5) is 12.5. The minimum Gasteiger partial charge on any atom is -0.478 e. The number of aliphatic carboxylic acids is 1. The number of aryl methyl sites for hydroxylation is 1. The molecule has 0 fully saturated rings. The molecule has 32 heavy (non-hydrogen) atoms. The first-order valence-corrected chi connectivity index (χ1v) is 11.6. The fourth-order valence-electron chi connectivity index (χ4n) is 3.55. The Labute approximate surface area is 204 Å². The standard InChI is InChI=1S/C20H20ClNO2.C6H5ClS/c1-2-13-6-8-14(9-7-13)18-11-10-17(20(23)24)19(22-18)15-4-3-5-16(21)12-15;7-5-1-3-6(8)4-2-5/h3-10,12,18-19,22H,2,11H2,1H3,(H,23,24);1-4,8H. The maximum atomic E-state index is 11.6. The van der Waals surface area contributed by atoms with Crippen molar-refractivity contribution in [2.24, 2.45) is 0 Å². The van der Waals surface area contributed by atoms with E-state index in [1.165, 1.54) is 11.1 Å². The van der Waals surface area contributed by atoms with Crippen molar-refractivity contribution in [1.82, 2.24) is 5.32 Å². The number of carboxylic acid groups (broad SMARTS) is 1. The summed E-state index contributed by atoms with van der Waals surface area (Å²) in [6, 6.07) is 22.9. The lowest BCUT2D eigenvalue weighted by atomic mass is 9.89. The summed E-state index contributed by atoms with van der Waals surface area (Å²) in [5.41, 5.74) is 3.70. The Morgan fingerprint density at radius 2 is 1.69 bits per heavy atom. The van der Waals surface area contributed by atoms with E-state index in [0.29, 0.717) is 17.0 Å². The van der Waals surface area contributed by atoms with E-state index >= 15 is 0 Å². The quantitative estimate of drug-likeness (QED) is 0.339. The zero-order valence-electron chi connectivity index (χ0n) is 17.6. The molecule has 2 unspecified atom stereocenters. The Balaban J connectivity index is 0.000000305. The van der Waals surface area contributed by atoms with E-state index in [9.17, 15) is 9.90 Å². The van der Waals surface area contributed by atoms with Gasteiger partial charge >= 0.3 is 5.97 Å². The van der Waals surface area contributed by atoms with E-state index in [2.05, 4.69) is 49.1 Å². The molecule has 3 aromatic rings. The third kappa shape index (κ3) is 6.63. The molecule has 2 atom stereocenters. The van der Waals surface area contributed by atoms with Crippen LogP contribution in [0.4, 0.5) is 0 Å². The van der Waals surface area contributed by atoms with Gasteiger partial charge in [-0.1, -0.05) is 72.6 Å². The molecule has 1 aliphatic heterocycles. The zero-order chi connectivity index (χ0) is 23.1. The van der Waals surface area contributed by atoms with Crippen molar-refractivity contribution in [1.29, 1.82) is 0 Å². The van der Waals surface area contributed by atoms with Gasteiger partial charge in [0.05, 0.1) is 11.6 Å². The van der Waals surface area contributed by atoms with E-state index in [4.69, 9.17) is 23.2 Å². The van der Waals surface area contributed by atoms with E-state index in [1.54, 1.807) is 6.07 Å². The Morgan fingerprint density at radius 1 is 1.00 bits per heavy atom. The molecule has 0 saturated carbocycles. The summed E-state index contributed by atoms with van der Waals surface area (Å²) in [5, 5.41) is 14.4. The number of nitrogens with one attached hydrogen (secondary N) is 1. The number of halogens is 2. The third-order valence-electron chi connectivity index (χ3n) is 5.30. The van der Waals surface area contributed by atoms with Crippen LogP contribution in [0, 0.1) is 0 Å². The second-order valence-electron chi connectivity index (χ2n) is 7.48. The lowest BCUT2D eigenvalue weighted by molar-refractivity contribution is -0.133. The lowest BCUT2D eigenvalue weighted by Crippen LogP contribution is -2.33. The number of hydrogen-bond donors (Lipinski definition) is 3. The normalized spacial score (nSPS) is 17.7. The zero-order valence-corrected chi connectivity index (χ0v) is 20.0. The van der Waals surface area contributed by atoms with Crippen molar-refractivity contribution < 1.29 is 9.90 Å². The summed E-state index contributed by atoms with van der Waals surface area (Å²) in [7, 11) is 0. The van der Waals surface area contributed by atoms with Gasteiger partial charge in [0.25, 0.3) is 0 Å². The third-order valence-corrected chi connectivity index (χ3v) is 6.08. The van der Waals surface area contributed by atoms with Gasteiger partial charge in [0.1, 0.15) is 0 Å². The maximum Gasteiger partial charge on any atom is 0.333 e. The van der Waals surface area contributed by atoms with Crippen molar-refractivity contribution in [3.8, 4) is 0 Å². The first-order valence-electron chi connectivity index (χ1n) is 10.4. The monoisotopic (exact) mass is 485 g/mol. The Bertz CT molecular complexity index is 1060. The smallest absolute Gasteiger partial charge is 0.333 e. The van der Waals surface area contributed by atoms with Crippen LogP contribution in [-0.4, -0.2) is 11.1 Å². The topological polar surface area (TPSA) is 49.3 Å². The summed E-state index contributed by atoms with van der Waals surface area (Å²) >= 11 is 15.7. The van der Waals surface area contributed by atoms with Gasteiger partial charge < -0.3 is 5.11 Å². The highest BCUT2D eigenvalue weighted by Crippen LogP contribution is 2.34. The molecule has 0 saturated heterocycles. The minimum atomic E-state index is -0.896. The molecule has 1 aliphatic rings. The van der Waals surface area contributed by atoms with E-state index < -0.39 is 5.97 Å². The van der Waals surface area contributed by atoms with Crippen LogP contribution < -0.4 is 5.32 Å². The summed E-state index contributed by atoms with van der Waals surface area (Å²) in [6.45, 7) is 2.13. The molecule has 3 aromatic carbocycles. The molecule has 0 aliphatic carbocycles. The molecule has 0 amide bonds. The van der Waals surface area contributed by atoms with Crippen molar-refractivity contribution in [3.05, 3.63) is 111 Å². The van der Waals surface area contributed by atoms with Crippen molar-refractivity contribution in [2.75, 3.05) is 0 Å². The highest BCUT2D eigenvalue weighted by atomic mass is 35.5. The summed E-state index contributed by atoms with van der Waals surface area (Å²) in [6.07, 6.45) is 3.49. The van der Waals surface area contributed by atoms with Crippen LogP contribution in [0.25, 0.3) is 0 Å². The molecule has 0 spiro atoms. The number of thiol groups is 1. The lowest BCUT2D eigenvalue weighted by Gasteiger charge is -2.31. The van der Waals surface area contributed by atoms with Gasteiger partial charge in [-0.15, -0.1) is 12.6 Å². The van der Waals surface area contributed by atoms with Gasteiger partial charge in [-0.2, -0.15) is 0 Å². The molecule has 0 bridgehead atoms. The molecular formula is C26H25Cl2NO2S. The van der Waals surface area contributed by atoms with Crippen molar-refractivity contribution in [2.45, 2.75) is 36.7 Å². The summed E-state index contributed by atoms with van der Waals surface area (Å²) in [5.74, 6) is -0.896. The van der Waals surface area contributed by atoms with Gasteiger partial charge in [-0.25, -0.2) is 4.79 Å². The van der Waals surface area contributed by atoms with Crippen LogP contribution >= 0.6 is 35.8 Å². The van der Waals surface area contributed by atoms with Crippen LogP contribution in [0.5, 0.6) is 0 Å². The number of hydrogen-bond acceptors (Lipinski definition) is 3. The molecule has 0 aromatic heterocycles. The number of carboxylic acids is 1. The number of carbonyl (C=O) groups is 1. The van der Waals surface area contributed by atoms with Crippen LogP contribution in [0.1, 0.15) is 42.1 Å². The fourth-order valence-corrected chi connectivity index (χ4v) is 4.03. The van der Waals surface area contributed by atoms with E-state index in [1.807, 2.05) is 48.5 Å². The highest BCUT2D eigenvalue weighted by molar-refractivity contribution is 7.80. The number of rotatable bonds is 4. The molecule has 1 heterocycles. The average Bonchev–Trinajstić information content (AvgIpc) is 2.81. The first-order chi connectivity index (χ1) is 15.4. The number of benzene rings is 3. The van der Waals surface area contributed by atoms with Crippen molar-refractivity contribution >= 4 is 41.8 Å². The molecular weight excluding hydrogens is 461 g/mol. The highest BCUT2D eigenvalue weighted by Gasteiger charge is 2.29. The predicted molar refractivity (Wildman–Crippen MR) is 135 cm³/mol. The average molecular weight is 486 g/mol. The van der Waals surface area contributed by atoms with Crippen LogP contribution in [0.3, 0.4) is 0 Å². The largest absolute Gasteiger partial charge is 0.478 e. The van der Waals surface area contributed by atoms with E-state index in [-0.39, 0.29) is 12.1 Å².